The number of nitrogens with zero attached hydrogens (tertiary/aromatic N) is 2. The molecule has 4 aliphatic carbocycles. The third kappa shape index (κ3) is 8.56. The standard InChI is InChI=1S/C104H76N2/c1-101(2)90-55-71(69-35-33-61-32-34-68(51-73(61)52-69)67-39-38-65-49-64(36-37-66(65)50-67)62-20-19-21-63(48-62)70-40-43-78-86-47-46-85-77-22-9-14-27-89(77)103(5,6)99(85)100(86)104(7,8)92(78)56-70)41-44-79(90)87-59-88-80-45-42-72(57-91(80)102(3,4)94(88)60-93(87)101)74-53-75(105-95-28-15-10-23-81(95)82-24-11-16-29-96(82)105)58-76(54-74)106-97-30-17-12-25-83(97)84-26-13-18-31-98(84)106/h9-60H,1-8H3. The number of benzene rings is 16. The lowest BCUT2D eigenvalue weighted by Crippen LogP contribution is -2.24. The molecule has 0 atom stereocenters. The molecule has 0 unspecified atom stereocenters. The van der Waals surface area contributed by atoms with Crippen LogP contribution in [0.3, 0.4) is 0 Å². The molecule has 0 bridgehead atoms. The van der Waals surface area contributed by atoms with Crippen LogP contribution >= 0.6 is 0 Å². The summed E-state index contributed by atoms with van der Waals surface area (Å²) < 4.78 is 4.94. The summed E-state index contributed by atoms with van der Waals surface area (Å²) in [5, 5.41) is 9.97. The van der Waals surface area contributed by atoms with E-state index >= 15 is 0 Å². The molecule has 2 nitrogen and oxygen atoms in total. The van der Waals surface area contributed by atoms with Crippen LogP contribution in [0.1, 0.15) is 99.9 Å². The zero-order valence-corrected chi connectivity index (χ0v) is 60.9. The van der Waals surface area contributed by atoms with Crippen molar-refractivity contribution in [3.63, 3.8) is 0 Å². The van der Waals surface area contributed by atoms with E-state index in [1.54, 1.807) is 0 Å². The lowest BCUT2D eigenvalue weighted by Gasteiger charge is -2.30. The molecule has 0 amide bonds. The molecule has 0 spiro atoms. The Bertz CT molecular complexity index is 6710. The number of para-hydroxylation sites is 4. The minimum atomic E-state index is -0.245. The SMILES string of the molecule is CC1(C)c2cc(-c3cc(-n4c5ccccc5c5ccccc54)cc(-n4c5ccccc5c5ccccc54)c3)ccc2-c2cc3c(cc21)C(C)(C)c1cc(-c2ccc4ccc(-c5ccc6cc(-c7cccc(-c8ccc9c(c8)C(C)(C)c8c-9ccc9c8C(C)(C)c8ccccc8-9)c7)ccc6c5)cc4c2)ccc1-3. The van der Waals surface area contributed by atoms with E-state index in [1.807, 2.05) is 0 Å². The van der Waals surface area contributed by atoms with Gasteiger partial charge in [-0.15, -0.1) is 0 Å². The van der Waals surface area contributed by atoms with Crippen molar-refractivity contribution in [1.29, 1.82) is 0 Å². The monoisotopic (exact) mass is 1350 g/mol. The van der Waals surface area contributed by atoms with Crippen molar-refractivity contribution in [3.05, 3.63) is 360 Å². The van der Waals surface area contributed by atoms with Crippen LogP contribution in [0, 0.1) is 0 Å². The van der Waals surface area contributed by atoms with Crippen LogP contribution < -0.4 is 0 Å². The van der Waals surface area contributed by atoms with E-state index < -0.39 is 0 Å². The molecule has 2 aromatic heterocycles. The van der Waals surface area contributed by atoms with Gasteiger partial charge < -0.3 is 9.13 Å². The Labute approximate surface area is 618 Å². The van der Waals surface area contributed by atoms with E-state index in [9.17, 15) is 0 Å². The molecule has 2 heteroatoms. The quantitative estimate of drug-likeness (QED) is 0.151. The van der Waals surface area contributed by atoms with Crippen LogP contribution in [-0.4, -0.2) is 9.13 Å². The highest BCUT2D eigenvalue weighted by Crippen LogP contribution is 2.61. The largest absolute Gasteiger partial charge is 0.309 e. The van der Waals surface area contributed by atoms with Crippen LogP contribution in [0.15, 0.2) is 315 Å². The molecule has 0 fully saturated rings. The van der Waals surface area contributed by atoms with Crippen molar-refractivity contribution in [2.45, 2.75) is 77.0 Å². The third-order valence-electron chi connectivity index (χ3n) is 25.6. The van der Waals surface area contributed by atoms with Crippen molar-refractivity contribution in [2.24, 2.45) is 0 Å². The molecule has 18 aromatic rings. The summed E-state index contributed by atoms with van der Waals surface area (Å²) in [6, 6.07) is 120. The van der Waals surface area contributed by atoms with Gasteiger partial charge in [0.15, 0.2) is 0 Å². The lowest BCUT2D eigenvalue weighted by atomic mass is 9.72. The molecule has 0 saturated carbocycles. The van der Waals surface area contributed by atoms with Crippen LogP contribution in [0.4, 0.5) is 0 Å². The average Bonchev–Trinajstić information content (AvgIpc) is 1.53. The molecule has 2 heterocycles. The first-order chi connectivity index (χ1) is 51.5. The molecule has 0 radical (unpaired) electrons. The van der Waals surface area contributed by atoms with E-state index in [-0.39, 0.29) is 21.7 Å². The second kappa shape index (κ2) is 21.6. The lowest BCUT2D eigenvalue weighted by molar-refractivity contribution is 0.601. The zero-order chi connectivity index (χ0) is 71.0. The van der Waals surface area contributed by atoms with Gasteiger partial charge in [-0.05, 0) is 263 Å². The van der Waals surface area contributed by atoms with Crippen LogP contribution in [0.25, 0.3) is 177 Å². The fourth-order valence-corrected chi connectivity index (χ4v) is 20.2. The molecule has 0 aliphatic heterocycles. The van der Waals surface area contributed by atoms with Crippen molar-refractivity contribution >= 4 is 65.2 Å². The molecule has 4 aliphatic rings. The van der Waals surface area contributed by atoms with Crippen LogP contribution in [0.2, 0.25) is 0 Å². The summed E-state index contributed by atoms with van der Waals surface area (Å²) in [4.78, 5) is 0. The van der Waals surface area contributed by atoms with E-state index in [2.05, 4.69) is 380 Å². The molecule has 106 heavy (non-hydrogen) atoms. The Morgan fingerprint density at radius 2 is 0.500 bits per heavy atom. The van der Waals surface area contributed by atoms with E-state index in [4.69, 9.17) is 0 Å². The molecule has 502 valence electrons. The van der Waals surface area contributed by atoms with Crippen LogP contribution in [0.5, 0.6) is 0 Å². The molecular formula is C104H76N2. The molecule has 22 rings (SSSR count). The average molecular weight is 1350 g/mol. The topological polar surface area (TPSA) is 9.86 Å². The smallest absolute Gasteiger partial charge is 0.0541 e. The highest BCUT2D eigenvalue weighted by atomic mass is 15.0. The van der Waals surface area contributed by atoms with Gasteiger partial charge in [0, 0.05) is 54.6 Å². The number of rotatable bonds is 7. The van der Waals surface area contributed by atoms with Gasteiger partial charge in [0.25, 0.3) is 0 Å². The maximum Gasteiger partial charge on any atom is 0.0541 e. The normalized spacial score (nSPS) is 14.9. The maximum atomic E-state index is 2.58. The van der Waals surface area contributed by atoms with Gasteiger partial charge in [0.05, 0.1) is 22.1 Å². The Hall–Kier alpha value is -12.4. The third-order valence-corrected chi connectivity index (χ3v) is 25.6. The minimum Gasteiger partial charge on any atom is -0.309 e. The van der Waals surface area contributed by atoms with Crippen molar-refractivity contribution < 1.29 is 0 Å². The minimum absolute atomic E-state index is 0.0681. The predicted molar refractivity (Wildman–Crippen MR) is 448 cm³/mol. The molecule has 16 aromatic carbocycles. The first kappa shape index (κ1) is 61.1. The van der Waals surface area contributed by atoms with Crippen molar-refractivity contribution in [2.75, 3.05) is 0 Å². The fourth-order valence-electron chi connectivity index (χ4n) is 20.2. The van der Waals surface area contributed by atoms with Gasteiger partial charge in [0.1, 0.15) is 0 Å². The summed E-state index contributed by atoms with van der Waals surface area (Å²) >= 11 is 0. The molecule has 0 saturated heterocycles. The summed E-state index contributed by atoms with van der Waals surface area (Å²) in [5.74, 6) is 0. The second-order valence-corrected chi connectivity index (χ2v) is 32.8. The number of hydrogen-bond acceptors (Lipinski definition) is 0. The summed E-state index contributed by atoms with van der Waals surface area (Å²) in [6.45, 7) is 19.5. The highest BCUT2D eigenvalue weighted by molar-refractivity contribution is 6.11. The van der Waals surface area contributed by atoms with Gasteiger partial charge in [-0.2, -0.15) is 0 Å². The summed E-state index contributed by atoms with van der Waals surface area (Å²) in [5.41, 5.74) is 40.9. The van der Waals surface area contributed by atoms with E-state index in [1.165, 1.54) is 210 Å². The van der Waals surface area contributed by atoms with Gasteiger partial charge in [-0.3, -0.25) is 0 Å². The fraction of sp³-hybridized carbons (Fsp3) is 0.115. The number of hydrogen-bond donors (Lipinski definition) is 0. The first-order valence-corrected chi connectivity index (χ1v) is 37.8. The maximum absolute atomic E-state index is 2.58. The Kier molecular flexibility index (Phi) is 12.5. The van der Waals surface area contributed by atoms with E-state index in [0.29, 0.717) is 0 Å². The zero-order valence-electron chi connectivity index (χ0n) is 60.9. The van der Waals surface area contributed by atoms with E-state index in [0.717, 1.165) is 11.4 Å². The number of aromatic nitrogens is 2. The van der Waals surface area contributed by atoms with Gasteiger partial charge in [0.2, 0.25) is 0 Å². The first-order valence-electron chi connectivity index (χ1n) is 37.8. The van der Waals surface area contributed by atoms with Gasteiger partial charge in [-0.25, -0.2) is 0 Å². The molecular weight excluding hydrogens is 1280 g/mol. The highest BCUT2D eigenvalue weighted by Gasteiger charge is 2.47. The van der Waals surface area contributed by atoms with Crippen molar-refractivity contribution in [3.8, 4) is 112 Å². The Morgan fingerprint density at radius 1 is 0.179 bits per heavy atom. The Balaban J connectivity index is 0.556. The summed E-state index contributed by atoms with van der Waals surface area (Å²) in [6.07, 6.45) is 0. The van der Waals surface area contributed by atoms with Crippen molar-refractivity contribution in [1.82, 2.24) is 9.13 Å². The predicted octanol–water partition coefficient (Wildman–Crippen LogP) is 27.7. The van der Waals surface area contributed by atoms with Crippen LogP contribution in [-0.2, 0) is 21.7 Å². The van der Waals surface area contributed by atoms with Gasteiger partial charge in [-0.1, -0.05) is 274 Å². The molecule has 0 N–H and O–H groups in total. The second-order valence-electron chi connectivity index (χ2n) is 32.8. The number of fused-ring (bicyclic) bond motifs is 21. The Morgan fingerprint density at radius 3 is 0.962 bits per heavy atom. The van der Waals surface area contributed by atoms with Gasteiger partial charge >= 0.3 is 0 Å². The summed E-state index contributed by atoms with van der Waals surface area (Å²) in [7, 11) is 0.